The highest BCUT2D eigenvalue weighted by molar-refractivity contribution is 5.75. The second kappa shape index (κ2) is 10.2. The fourth-order valence-electron chi connectivity index (χ4n) is 6.40. The van der Waals surface area contributed by atoms with Crippen molar-refractivity contribution in [1.29, 1.82) is 0 Å². The maximum absolute atomic E-state index is 15.3. The van der Waals surface area contributed by atoms with Crippen LogP contribution in [0.2, 0.25) is 0 Å². The highest BCUT2D eigenvalue weighted by Gasteiger charge is 2.58. The molecule has 2 aromatic heterocycles. The van der Waals surface area contributed by atoms with Gasteiger partial charge in [0.15, 0.2) is 12.6 Å². The molecule has 3 aromatic rings. The smallest absolute Gasteiger partial charge is 0.408 e. The first kappa shape index (κ1) is 27.6. The Morgan fingerprint density at radius 2 is 1.82 bits per heavy atom. The molecule has 40 heavy (non-hydrogen) atoms. The monoisotopic (exact) mass is 551 g/mol. The van der Waals surface area contributed by atoms with Gasteiger partial charge in [0.1, 0.15) is 11.6 Å². The zero-order chi connectivity index (χ0) is 28.8. The Balaban J connectivity index is 1.43. The maximum atomic E-state index is 15.3. The lowest BCUT2D eigenvalue weighted by Gasteiger charge is -2.51. The number of halogens is 1. The molecule has 2 aliphatic heterocycles. The van der Waals surface area contributed by atoms with E-state index < -0.39 is 23.0 Å². The van der Waals surface area contributed by atoms with Gasteiger partial charge in [-0.25, -0.2) is 9.18 Å². The summed E-state index contributed by atoms with van der Waals surface area (Å²) in [6.07, 6.45) is 3.76. The Hall–Kier alpha value is -3.99. The van der Waals surface area contributed by atoms with Crippen molar-refractivity contribution >= 4 is 11.9 Å². The average Bonchev–Trinajstić information content (AvgIpc) is 3.09. The van der Waals surface area contributed by atoms with Gasteiger partial charge in [0, 0.05) is 61.7 Å². The molecule has 3 atom stereocenters. The molecule has 2 bridgehead atoms. The molecule has 5 rings (SSSR count). The van der Waals surface area contributed by atoms with Crippen molar-refractivity contribution in [3.63, 3.8) is 0 Å². The molecule has 11 heteroatoms. The topological polar surface area (TPSA) is 110 Å². The van der Waals surface area contributed by atoms with E-state index in [4.69, 9.17) is 9.47 Å². The summed E-state index contributed by atoms with van der Waals surface area (Å²) in [7, 11) is 5.06. The largest absolute Gasteiger partial charge is 0.467 e. The van der Waals surface area contributed by atoms with E-state index in [-0.39, 0.29) is 24.0 Å². The highest BCUT2D eigenvalue weighted by atomic mass is 19.1. The van der Waals surface area contributed by atoms with Crippen LogP contribution in [0.3, 0.4) is 0 Å². The van der Waals surface area contributed by atoms with Gasteiger partial charge in [-0.2, -0.15) is 0 Å². The van der Waals surface area contributed by atoms with Gasteiger partial charge in [0.05, 0.1) is 5.69 Å². The number of aryl methyl sites for hydroxylation is 1. The van der Waals surface area contributed by atoms with Gasteiger partial charge in [-0.1, -0.05) is 0 Å². The lowest BCUT2D eigenvalue weighted by atomic mass is 9.82. The summed E-state index contributed by atoms with van der Waals surface area (Å²) in [6, 6.07) is 9.57. The van der Waals surface area contributed by atoms with Crippen LogP contribution in [0.15, 0.2) is 47.4 Å². The van der Waals surface area contributed by atoms with E-state index in [1.807, 2.05) is 27.0 Å². The molecule has 1 amide bonds. The predicted molar refractivity (Wildman–Crippen MR) is 148 cm³/mol. The van der Waals surface area contributed by atoms with Crippen LogP contribution in [0.4, 0.5) is 15.0 Å². The first-order valence-electron chi connectivity index (χ1n) is 13.2. The number of benzene rings is 1. The van der Waals surface area contributed by atoms with E-state index in [1.54, 1.807) is 30.3 Å². The molecule has 0 unspecified atom stereocenters. The SMILES string of the molecule is COCOc1cc(-c2ccn(C)c(=O)c2)c(F)cc1-c1ccc(N(C)[C@@H]2C[C@]3(C)CC[C@](C)(C2)N3C(=O)O)nn1. The first-order valence-corrected chi connectivity index (χ1v) is 13.2. The second-order valence-corrected chi connectivity index (χ2v) is 11.3. The highest BCUT2D eigenvalue weighted by Crippen LogP contribution is 2.51. The van der Waals surface area contributed by atoms with Gasteiger partial charge in [-0.15, -0.1) is 10.2 Å². The Morgan fingerprint density at radius 1 is 1.12 bits per heavy atom. The zero-order valence-corrected chi connectivity index (χ0v) is 23.3. The molecule has 4 heterocycles. The fourth-order valence-corrected chi connectivity index (χ4v) is 6.40. The summed E-state index contributed by atoms with van der Waals surface area (Å²) in [5.41, 5.74) is 0.357. The van der Waals surface area contributed by atoms with E-state index in [0.717, 1.165) is 12.8 Å². The van der Waals surface area contributed by atoms with Gasteiger partial charge < -0.3 is 24.0 Å². The van der Waals surface area contributed by atoms with Crippen molar-refractivity contribution in [1.82, 2.24) is 19.7 Å². The molecular weight excluding hydrogens is 517 g/mol. The van der Waals surface area contributed by atoms with Crippen molar-refractivity contribution in [2.75, 3.05) is 25.9 Å². The Kier molecular flexibility index (Phi) is 7.03. The number of fused-ring (bicyclic) bond motifs is 2. The standard InChI is InChI=1S/C29H34FN5O5/c1-28-9-10-29(2,35(28)27(37)38)16-19(15-28)34(4)25-7-6-23(31-32-25)21-13-22(30)20(14-24(21)40-17-39-5)18-8-11-33(3)26(36)12-18/h6-8,11-14,19H,9-10,15-17H2,1-5H3,(H,37,38)/t19-,28+,29-. The molecule has 0 spiro atoms. The summed E-state index contributed by atoms with van der Waals surface area (Å²) >= 11 is 0. The molecule has 1 N–H and O–H groups in total. The fraction of sp³-hybridized carbons (Fsp3) is 0.448. The average molecular weight is 552 g/mol. The summed E-state index contributed by atoms with van der Waals surface area (Å²) < 4.78 is 27.6. The molecular formula is C29H34FN5O5. The van der Waals surface area contributed by atoms with Crippen LogP contribution < -0.4 is 15.2 Å². The van der Waals surface area contributed by atoms with Crippen LogP contribution in [-0.2, 0) is 11.8 Å². The number of aromatic nitrogens is 3. The number of methoxy groups -OCH3 is 1. The summed E-state index contributed by atoms with van der Waals surface area (Å²) in [4.78, 5) is 27.9. The minimum absolute atomic E-state index is 0.0601. The molecule has 2 fully saturated rings. The van der Waals surface area contributed by atoms with E-state index in [1.165, 1.54) is 29.9 Å². The van der Waals surface area contributed by atoms with Crippen molar-refractivity contribution in [2.24, 2.45) is 7.05 Å². The number of amides is 1. The number of pyridine rings is 1. The quantitative estimate of drug-likeness (QED) is 0.427. The minimum atomic E-state index is -0.868. The lowest BCUT2D eigenvalue weighted by Crippen LogP contribution is -2.62. The third-order valence-electron chi connectivity index (χ3n) is 8.48. The summed E-state index contributed by atoms with van der Waals surface area (Å²) in [6.45, 7) is 3.98. The minimum Gasteiger partial charge on any atom is -0.467 e. The van der Waals surface area contributed by atoms with Gasteiger partial charge in [-0.3, -0.25) is 9.69 Å². The first-order chi connectivity index (χ1) is 19.0. The van der Waals surface area contributed by atoms with Gasteiger partial charge in [-0.05, 0) is 75.4 Å². The Morgan fingerprint density at radius 3 is 2.40 bits per heavy atom. The lowest BCUT2D eigenvalue weighted by molar-refractivity contribution is 0.0131. The van der Waals surface area contributed by atoms with Crippen molar-refractivity contribution in [2.45, 2.75) is 56.7 Å². The number of piperidine rings is 1. The van der Waals surface area contributed by atoms with Gasteiger partial charge in [0.2, 0.25) is 0 Å². The van der Waals surface area contributed by atoms with Crippen LogP contribution in [0.25, 0.3) is 22.4 Å². The molecule has 0 radical (unpaired) electrons. The van der Waals surface area contributed by atoms with Crippen molar-refractivity contribution < 1.29 is 23.8 Å². The summed E-state index contributed by atoms with van der Waals surface area (Å²) in [5, 5.41) is 18.7. The molecule has 0 saturated carbocycles. The summed E-state index contributed by atoms with van der Waals surface area (Å²) in [5.74, 6) is 0.451. The van der Waals surface area contributed by atoms with E-state index in [9.17, 15) is 14.7 Å². The Labute approximate surface area is 232 Å². The van der Waals surface area contributed by atoms with Crippen LogP contribution in [0, 0.1) is 5.82 Å². The Bertz CT molecular complexity index is 1480. The van der Waals surface area contributed by atoms with E-state index in [0.29, 0.717) is 41.2 Å². The van der Waals surface area contributed by atoms with Gasteiger partial charge in [0.25, 0.3) is 5.56 Å². The van der Waals surface area contributed by atoms with Crippen LogP contribution in [-0.4, -0.2) is 68.9 Å². The molecule has 1 aromatic carbocycles. The van der Waals surface area contributed by atoms with Gasteiger partial charge >= 0.3 is 6.09 Å². The molecule has 2 aliphatic rings. The number of anilines is 1. The van der Waals surface area contributed by atoms with Crippen molar-refractivity contribution in [3.8, 4) is 28.1 Å². The number of rotatable bonds is 7. The number of hydrogen-bond acceptors (Lipinski definition) is 7. The second-order valence-electron chi connectivity index (χ2n) is 11.3. The number of nitrogens with zero attached hydrogens (tertiary/aromatic N) is 5. The van der Waals surface area contributed by atoms with Crippen LogP contribution >= 0.6 is 0 Å². The zero-order valence-electron chi connectivity index (χ0n) is 23.3. The van der Waals surface area contributed by atoms with Crippen LogP contribution in [0.1, 0.15) is 39.5 Å². The van der Waals surface area contributed by atoms with Crippen LogP contribution in [0.5, 0.6) is 5.75 Å². The molecule has 10 nitrogen and oxygen atoms in total. The van der Waals surface area contributed by atoms with E-state index in [2.05, 4.69) is 15.1 Å². The maximum Gasteiger partial charge on any atom is 0.408 e. The molecule has 212 valence electrons. The molecule has 2 saturated heterocycles. The van der Waals surface area contributed by atoms with E-state index >= 15 is 4.39 Å². The third-order valence-corrected chi connectivity index (χ3v) is 8.48. The number of ether oxygens (including phenoxy) is 2. The number of carboxylic acid groups (broad SMARTS) is 1. The molecule has 0 aliphatic carbocycles. The van der Waals surface area contributed by atoms with Crippen molar-refractivity contribution in [3.05, 3.63) is 58.8 Å². The number of hydrogen-bond donors (Lipinski definition) is 1. The predicted octanol–water partition coefficient (Wildman–Crippen LogP) is 4.52. The normalized spacial score (nSPS) is 23.8. The third kappa shape index (κ3) is 4.78. The number of carbonyl (C=O) groups is 1.